The molecule has 0 fully saturated rings. The average Bonchev–Trinajstić information content (AvgIpc) is 2.75. The van der Waals surface area contributed by atoms with Crippen LogP contribution in [0.3, 0.4) is 0 Å². The molecule has 0 radical (unpaired) electrons. The summed E-state index contributed by atoms with van der Waals surface area (Å²) in [6.45, 7) is 4.51. The van der Waals surface area contributed by atoms with Gasteiger partial charge < -0.3 is 19.5 Å². The molecule has 3 aromatic carbocycles. The van der Waals surface area contributed by atoms with Gasteiger partial charge in [0.2, 0.25) is 0 Å². The molecule has 0 aliphatic heterocycles. The summed E-state index contributed by atoms with van der Waals surface area (Å²) in [4.78, 5) is 0. The topological polar surface area (TPSA) is 39.7 Å². The van der Waals surface area contributed by atoms with Gasteiger partial charge in [-0.15, -0.1) is 0 Å². The van der Waals surface area contributed by atoms with E-state index in [2.05, 4.69) is 24.4 Å². The third kappa shape index (κ3) is 6.23. The minimum Gasteiger partial charge on any atom is -0.494 e. The number of hydrogen-bond donors (Lipinski definition) is 1. The predicted octanol–water partition coefficient (Wildman–Crippen LogP) is 5.55. The third-order valence-corrected chi connectivity index (χ3v) is 4.09. The highest BCUT2D eigenvalue weighted by atomic mass is 16.5. The van der Waals surface area contributed by atoms with Gasteiger partial charge >= 0.3 is 0 Å². The Kier molecular flexibility index (Phi) is 7.62. The minimum absolute atomic E-state index is 0.480. The van der Waals surface area contributed by atoms with E-state index < -0.39 is 0 Å². The Hall–Kier alpha value is -3.14. The van der Waals surface area contributed by atoms with Crippen LogP contribution in [0.15, 0.2) is 78.9 Å². The van der Waals surface area contributed by atoms with Crippen molar-refractivity contribution in [2.24, 2.45) is 0 Å². The normalized spacial score (nSPS) is 10.3. The van der Waals surface area contributed by atoms with Crippen LogP contribution in [0, 0.1) is 0 Å². The smallest absolute Gasteiger partial charge is 0.142 e. The fourth-order valence-corrected chi connectivity index (χ4v) is 2.73. The molecule has 0 spiro atoms. The Morgan fingerprint density at radius 2 is 1.39 bits per heavy atom. The second-order valence-electron chi connectivity index (χ2n) is 6.36. The van der Waals surface area contributed by atoms with Crippen molar-refractivity contribution < 1.29 is 14.2 Å². The van der Waals surface area contributed by atoms with Crippen molar-refractivity contribution in [3.63, 3.8) is 0 Å². The van der Waals surface area contributed by atoms with Gasteiger partial charge in [-0.25, -0.2) is 0 Å². The number of nitrogens with one attached hydrogen (secondary N) is 1. The Labute approximate surface area is 167 Å². The van der Waals surface area contributed by atoms with Gasteiger partial charge in [-0.3, -0.25) is 0 Å². The lowest BCUT2D eigenvalue weighted by Crippen LogP contribution is -2.10. The van der Waals surface area contributed by atoms with Crippen molar-refractivity contribution in [2.75, 3.05) is 25.1 Å². The third-order valence-electron chi connectivity index (χ3n) is 4.09. The van der Waals surface area contributed by atoms with E-state index in [1.165, 1.54) is 0 Å². The van der Waals surface area contributed by atoms with Crippen LogP contribution in [-0.4, -0.2) is 19.8 Å². The zero-order valence-corrected chi connectivity index (χ0v) is 16.3. The first kappa shape index (κ1) is 19.6. The van der Waals surface area contributed by atoms with Gasteiger partial charge in [-0.05, 0) is 48.4 Å². The Bertz CT molecular complexity index is 836. The number of ether oxygens (including phenoxy) is 3. The van der Waals surface area contributed by atoms with Crippen LogP contribution >= 0.6 is 0 Å². The van der Waals surface area contributed by atoms with Crippen molar-refractivity contribution in [1.82, 2.24) is 0 Å². The number of hydrogen-bond acceptors (Lipinski definition) is 4. The lowest BCUT2D eigenvalue weighted by Gasteiger charge is -2.14. The molecular formula is C24H27NO3. The summed E-state index contributed by atoms with van der Waals surface area (Å²) in [5.41, 5.74) is 2.12. The van der Waals surface area contributed by atoms with Crippen LogP contribution in [0.25, 0.3) is 0 Å². The van der Waals surface area contributed by atoms with E-state index in [-0.39, 0.29) is 0 Å². The predicted molar refractivity (Wildman–Crippen MR) is 113 cm³/mol. The number of anilines is 1. The summed E-state index contributed by atoms with van der Waals surface area (Å²) >= 11 is 0. The molecule has 0 aromatic heterocycles. The zero-order chi connectivity index (χ0) is 19.4. The molecule has 0 saturated carbocycles. The first-order valence-corrected chi connectivity index (χ1v) is 9.70. The van der Waals surface area contributed by atoms with Gasteiger partial charge in [0, 0.05) is 6.54 Å². The fourth-order valence-electron chi connectivity index (χ4n) is 2.73. The largest absolute Gasteiger partial charge is 0.494 e. The van der Waals surface area contributed by atoms with Crippen LogP contribution in [0.4, 0.5) is 5.69 Å². The zero-order valence-electron chi connectivity index (χ0n) is 16.3. The lowest BCUT2D eigenvalue weighted by atomic mass is 10.2. The summed E-state index contributed by atoms with van der Waals surface area (Å²) < 4.78 is 17.3. The maximum atomic E-state index is 5.91. The number of rotatable bonds is 11. The summed E-state index contributed by atoms with van der Waals surface area (Å²) in [7, 11) is 0. The van der Waals surface area contributed by atoms with Gasteiger partial charge in [0.25, 0.3) is 0 Å². The molecule has 0 saturated heterocycles. The van der Waals surface area contributed by atoms with Crippen LogP contribution < -0.4 is 19.5 Å². The van der Waals surface area contributed by atoms with Crippen LogP contribution in [0.5, 0.6) is 17.2 Å². The van der Waals surface area contributed by atoms with Crippen molar-refractivity contribution in [3.8, 4) is 17.2 Å². The highest BCUT2D eigenvalue weighted by molar-refractivity contribution is 5.56. The summed E-state index contributed by atoms with van der Waals surface area (Å²) in [5, 5.41) is 3.45. The second-order valence-corrected chi connectivity index (χ2v) is 6.36. The Balaban J connectivity index is 1.51. The molecule has 0 aliphatic carbocycles. The molecular weight excluding hydrogens is 350 g/mol. The van der Waals surface area contributed by atoms with Gasteiger partial charge in [0.15, 0.2) is 0 Å². The maximum absolute atomic E-state index is 5.91. The molecule has 4 nitrogen and oxygen atoms in total. The van der Waals surface area contributed by atoms with Crippen molar-refractivity contribution >= 4 is 5.69 Å². The first-order valence-electron chi connectivity index (χ1n) is 9.70. The van der Waals surface area contributed by atoms with E-state index in [4.69, 9.17) is 14.2 Å². The molecule has 4 heteroatoms. The monoisotopic (exact) mass is 377 g/mol. The molecule has 0 unspecified atom stereocenters. The first-order chi connectivity index (χ1) is 13.8. The summed E-state index contributed by atoms with van der Waals surface area (Å²) in [6, 6.07) is 25.9. The molecule has 0 aliphatic rings. The van der Waals surface area contributed by atoms with Crippen molar-refractivity contribution in [1.29, 1.82) is 0 Å². The summed E-state index contributed by atoms with van der Waals surface area (Å²) in [5.74, 6) is 2.57. The van der Waals surface area contributed by atoms with E-state index >= 15 is 0 Å². The van der Waals surface area contributed by atoms with Gasteiger partial charge in [-0.2, -0.15) is 0 Å². The molecule has 146 valence electrons. The average molecular weight is 377 g/mol. The number of para-hydroxylation sites is 3. The van der Waals surface area contributed by atoms with Crippen molar-refractivity contribution in [3.05, 3.63) is 84.4 Å². The second kappa shape index (κ2) is 10.9. The lowest BCUT2D eigenvalue weighted by molar-refractivity contribution is 0.218. The molecule has 0 atom stereocenters. The molecule has 1 N–H and O–H groups in total. The van der Waals surface area contributed by atoms with Crippen LogP contribution in [0.1, 0.15) is 18.9 Å². The summed E-state index contributed by atoms with van der Waals surface area (Å²) in [6.07, 6.45) is 1.00. The quantitative estimate of drug-likeness (QED) is 0.445. The Morgan fingerprint density at radius 3 is 2.25 bits per heavy atom. The van der Waals surface area contributed by atoms with Crippen LogP contribution in [0.2, 0.25) is 0 Å². The highest BCUT2D eigenvalue weighted by Crippen LogP contribution is 2.25. The maximum Gasteiger partial charge on any atom is 0.142 e. The van der Waals surface area contributed by atoms with Crippen LogP contribution in [-0.2, 0) is 6.54 Å². The molecule has 3 aromatic rings. The Morgan fingerprint density at radius 1 is 0.679 bits per heavy atom. The van der Waals surface area contributed by atoms with Gasteiger partial charge in [0.1, 0.15) is 30.5 Å². The molecule has 0 heterocycles. The SMILES string of the molecule is CCCOc1cccc(CNc2ccccc2OCCOc2ccccc2)c1. The standard InChI is InChI=1S/C24H27NO3/c1-2-15-26-22-12-8-9-20(18-22)19-25-23-13-6-7-14-24(23)28-17-16-27-21-10-4-3-5-11-21/h3-14,18,25H,2,15-17,19H2,1H3. The van der Waals surface area contributed by atoms with E-state index in [0.717, 1.165) is 41.5 Å². The minimum atomic E-state index is 0.480. The highest BCUT2D eigenvalue weighted by Gasteiger charge is 2.04. The van der Waals surface area contributed by atoms with Crippen molar-refractivity contribution in [2.45, 2.75) is 19.9 Å². The molecule has 28 heavy (non-hydrogen) atoms. The fraction of sp³-hybridized carbons (Fsp3) is 0.250. The van der Waals surface area contributed by atoms with Gasteiger partial charge in [-0.1, -0.05) is 49.4 Å². The number of benzene rings is 3. The van der Waals surface area contributed by atoms with E-state index in [0.29, 0.717) is 19.8 Å². The van der Waals surface area contributed by atoms with Gasteiger partial charge in [0.05, 0.1) is 12.3 Å². The van der Waals surface area contributed by atoms with E-state index in [9.17, 15) is 0 Å². The van der Waals surface area contributed by atoms with E-state index in [1.54, 1.807) is 0 Å². The molecule has 0 bridgehead atoms. The molecule has 3 rings (SSSR count). The van der Waals surface area contributed by atoms with E-state index in [1.807, 2.05) is 66.7 Å². The molecule has 0 amide bonds.